The molecule has 0 bridgehead atoms. The number of pyridine rings is 1. The highest BCUT2D eigenvalue weighted by Crippen LogP contribution is 2.36. The normalized spacial score (nSPS) is 12.1. The molecule has 0 amide bonds. The van der Waals surface area contributed by atoms with Crippen molar-refractivity contribution in [2.45, 2.75) is 13.0 Å². The van der Waals surface area contributed by atoms with Crippen molar-refractivity contribution in [2.24, 2.45) is 0 Å². The quantitative estimate of drug-likeness (QED) is 0.498. The Kier molecular flexibility index (Phi) is 5.48. The van der Waals surface area contributed by atoms with Crippen LogP contribution in [0.4, 0.5) is 4.39 Å². The molecule has 0 radical (unpaired) electrons. The van der Waals surface area contributed by atoms with Crippen molar-refractivity contribution in [1.82, 2.24) is 14.5 Å². The zero-order chi connectivity index (χ0) is 22.1. The van der Waals surface area contributed by atoms with Gasteiger partial charge in [-0.05, 0) is 25.1 Å². The van der Waals surface area contributed by atoms with Crippen molar-refractivity contribution in [3.8, 4) is 34.3 Å². The van der Waals surface area contributed by atoms with E-state index in [1.54, 1.807) is 51.7 Å². The molecule has 0 spiro atoms. The molecule has 160 valence electrons. The number of nitrogens with zero attached hydrogens (tertiary/aromatic N) is 3. The van der Waals surface area contributed by atoms with Crippen LogP contribution in [0.1, 0.15) is 18.6 Å². The topological polar surface area (TPSA) is 78.6 Å². The van der Waals surface area contributed by atoms with E-state index in [-0.39, 0.29) is 0 Å². The predicted octanol–water partition coefficient (Wildman–Crippen LogP) is 4.31. The summed E-state index contributed by atoms with van der Waals surface area (Å²) in [6.07, 6.45) is 0.870. The Morgan fingerprint density at radius 2 is 1.65 bits per heavy atom. The second-order valence-corrected chi connectivity index (χ2v) is 6.94. The maximum absolute atomic E-state index is 13.7. The summed E-state index contributed by atoms with van der Waals surface area (Å²) in [6.45, 7) is 1.65. The van der Waals surface area contributed by atoms with Crippen LogP contribution >= 0.6 is 0 Å². The summed E-state index contributed by atoms with van der Waals surface area (Å²) < 4.78 is 31.7. The van der Waals surface area contributed by atoms with Gasteiger partial charge in [0.1, 0.15) is 23.7 Å². The fourth-order valence-corrected chi connectivity index (χ4v) is 3.53. The van der Waals surface area contributed by atoms with Crippen LogP contribution < -0.4 is 14.2 Å². The van der Waals surface area contributed by atoms with Crippen LogP contribution in [-0.4, -0.2) is 41.0 Å². The van der Waals surface area contributed by atoms with E-state index in [0.29, 0.717) is 45.4 Å². The fraction of sp³-hybridized carbons (Fsp3) is 0.217. The third kappa shape index (κ3) is 3.66. The largest absolute Gasteiger partial charge is 0.496 e. The molecule has 4 aromatic rings. The Labute approximate surface area is 178 Å². The number of fused-ring (bicyclic) bond motifs is 1. The van der Waals surface area contributed by atoms with Crippen LogP contribution in [0, 0.1) is 5.82 Å². The van der Waals surface area contributed by atoms with Gasteiger partial charge in [-0.15, -0.1) is 0 Å². The third-order valence-corrected chi connectivity index (χ3v) is 5.08. The van der Waals surface area contributed by atoms with Crippen LogP contribution in [0.25, 0.3) is 28.1 Å². The maximum Gasteiger partial charge on any atom is 0.163 e. The molecule has 0 aliphatic carbocycles. The molecule has 2 aromatic heterocycles. The Bertz CT molecular complexity index is 1250. The molecule has 0 aliphatic heterocycles. The van der Waals surface area contributed by atoms with Gasteiger partial charge in [0, 0.05) is 29.3 Å². The minimum Gasteiger partial charge on any atom is -0.496 e. The lowest BCUT2D eigenvalue weighted by molar-refractivity contribution is 0.199. The van der Waals surface area contributed by atoms with Gasteiger partial charge in [-0.2, -0.15) is 0 Å². The van der Waals surface area contributed by atoms with Crippen LogP contribution in [0.5, 0.6) is 17.2 Å². The molecule has 1 atom stereocenters. The van der Waals surface area contributed by atoms with Gasteiger partial charge in [0.2, 0.25) is 0 Å². The number of methoxy groups -OCH3 is 3. The number of aromatic nitrogens is 3. The molecule has 0 fully saturated rings. The first-order chi connectivity index (χ1) is 15.0. The molecule has 8 heteroatoms. The molecule has 1 N–H and O–H groups in total. The van der Waals surface area contributed by atoms with Crippen molar-refractivity contribution < 1.29 is 23.7 Å². The van der Waals surface area contributed by atoms with E-state index in [9.17, 15) is 9.50 Å². The second kappa shape index (κ2) is 8.23. The van der Waals surface area contributed by atoms with Crippen molar-refractivity contribution in [3.63, 3.8) is 0 Å². The van der Waals surface area contributed by atoms with E-state index >= 15 is 0 Å². The van der Waals surface area contributed by atoms with Crippen LogP contribution in [0.15, 0.2) is 48.8 Å². The first-order valence-corrected chi connectivity index (χ1v) is 9.59. The van der Waals surface area contributed by atoms with Gasteiger partial charge in [-0.25, -0.2) is 14.4 Å². The van der Waals surface area contributed by atoms with Gasteiger partial charge < -0.3 is 19.3 Å². The molecule has 0 saturated heterocycles. The number of rotatable bonds is 6. The highest BCUT2D eigenvalue weighted by molar-refractivity contribution is 5.82. The summed E-state index contributed by atoms with van der Waals surface area (Å²) >= 11 is 0. The molecule has 0 aliphatic rings. The Morgan fingerprint density at radius 1 is 0.935 bits per heavy atom. The lowest BCUT2D eigenvalue weighted by atomic mass is 10.0. The smallest absolute Gasteiger partial charge is 0.163 e. The Balaban J connectivity index is 1.93. The first kappa shape index (κ1) is 20.6. The zero-order valence-electron chi connectivity index (χ0n) is 17.6. The average molecular weight is 423 g/mol. The number of hydrogen-bond acceptors (Lipinski definition) is 6. The third-order valence-electron chi connectivity index (χ3n) is 5.08. The average Bonchev–Trinajstić information content (AvgIpc) is 3.20. The highest BCUT2D eigenvalue weighted by atomic mass is 19.1. The molecule has 31 heavy (non-hydrogen) atoms. The molecular weight excluding hydrogens is 401 g/mol. The van der Waals surface area contributed by atoms with Gasteiger partial charge in [0.15, 0.2) is 11.5 Å². The zero-order valence-corrected chi connectivity index (χ0v) is 17.6. The number of aliphatic hydroxyl groups excluding tert-OH is 1. The van der Waals surface area contributed by atoms with E-state index in [1.165, 1.54) is 19.2 Å². The standard InChI is InChI=1S/C23H22FN3O4/c1-13(28)15-7-8-22(26-23(15)16-6-5-14(24)9-19(16)29-2)27-12-25-17-10-20(30-3)21(31-4)11-18(17)27/h5-13,28H,1-4H3/t13-/m0/s1. The Morgan fingerprint density at radius 3 is 2.32 bits per heavy atom. The van der Waals surface area contributed by atoms with E-state index in [0.717, 1.165) is 5.52 Å². The van der Waals surface area contributed by atoms with Gasteiger partial charge in [-0.3, -0.25) is 4.57 Å². The monoisotopic (exact) mass is 423 g/mol. The summed E-state index contributed by atoms with van der Waals surface area (Å²) in [6, 6.07) is 11.4. The van der Waals surface area contributed by atoms with Crippen molar-refractivity contribution in [3.05, 3.63) is 60.2 Å². The van der Waals surface area contributed by atoms with Gasteiger partial charge in [0.25, 0.3) is 0 Å². The number of aliphatic hydroxyl groups is 1. The van der Waals surface area contributed by atoms with Gasteiger partial charge in [0.05, 0.1) is 44.2 Å². The molecule has 7 nitrogen and oxygen atoms in total. The van der Waals surface area contributed by atoms with E-state index in [4.69, 9.17) is 19.2 Å². The molecule has 2 aromatic carbocycles. The second-order valence-electron chi connectivity index (χ2n) is 6.94. The van der Waals surface area contributed by atoms with Crippen LogP contribution in [-0.2, 0) is 0 Å². The predicted molar refractivity (Wildman–Crippen MR) is 115 cm³/mol. The number of benzene rings is 2. The van der Waals surface area contributed by atoms with Gasteiger partial charge in [-0.1, -0.05) is 6.07 Å². The Hall–Kier alpha value is -3.65. The van der Waals surface area contributed by atoms with Crippen molar-refractivity contribution in [1.29, 1.82) is 0 Å². The van der Waals surface area contributed by atoms with Crippen LogP contribution in [0.3, 0.4) is 0 Å². The lowest BCUT2D eigenvalue weighted by Crippen LogP contribution is -2.04. The lowest BCUT2D eigenvalue weighted by Gasteiger charge is -2.16. The fourth-order valence-electron chi connectivity index (χ4n) is 3.53. The van der Waals surface area contributed by atoms with Gasteiger partial charge >= 0.3 is 0 Å². The number of halogens is 1. The molecule has 4 rings (SSSR count). The number of ether oxygens (including phenoxy) is 3. The SMILES string of the molecule is COc1cc2ncn(-c3ccc([C@H](C)O)c(-c4ccc(F)cc4OC)n3)c2cc1OC. The van der Waals surface area contributed by atoms with E-state index in [2.05, 4.69) is 4.98 Å². The number of imidazole rings is 1. The minimum absolute atomic E-state index is 0.327. The first-order valence-electron chi connectivity index (χ1n) is 9.59. The summed E-state index contributed by atoms with van der Waals surface area (Å²) in [5, 5.41) is 10.3. The van der Waals surface area contributed by atoms with E-state index in [1.807, 2.05) is 10.6 Å². The number of hydrogen-bond donors (Lipinski definition) is 1. The molecule has 2 heterocycles. The summed E-state index contributed by atoms with van der Waals surface area (Å²) in [7, 11) is 4.60. The maximum atomic E-state index is 13.7. The molecular formula is C23H22FN3O4. The van der Waals surface area contributed by atoms with Crippen molar-refractivity contribution in [2.75, 3.05) is 21.3 Å². The van der Waals surface area contributed by atoms with Crippen LogP contribution in [0.2, 0.25) is 0 Å². The molecule has 0 unspecified atom stereocenters. The molecule has 0 saturated carbocycles. The highest BCUT2D eigenvalue weighted by Gasteiger charge is 2.19. The minimum atomic E-state index is -0.782. The summed E-state index contributed by atoms with van der Waals surface area (Å²) in [5.41, 5.74) is 3.14. The summed E-state index contributed by atoms with van der Waals surface area (Å²) in [4.78, 5) is 9.23. The summed E-state index contributed by atoms with van der Waals surface area (Å²) in [5.74, 6) is 1.62. The van der Waals surface area contributed by atoms with E-state index < -0.39 is 11.9 Å². The van der Waals surface area contributed by atoms with Crippen molar-refractivity contribution >= 4 is 11.0 Å².